The van der Waals surface area contributed by atoms with Gasteiger partial charge in [-0.15, -0.1) is 0 Å². The van der Waals surface area contributed by atoms with Gasteiger partial charge in [0.1, 0.15) is 0 Å². The van der Waals surface area contributed by atoms with Crippen molar-refractivity contribution in [3.05, 3.63) is 216 Å². The molecule has 2 heterocycles. The van der Waals surface area contributed by atoms with Gasteiger partial charge < -0.3 is 9.13 Å². The molecule has 0 saturated heterocycles. The number of fused-ring (bicyclic) bond motifs is 6. The molecule has 0 spiro atoms. The van der Waals surface area contributed by atoms with E-state index < -0.39 is 11.7 Å². The summed E-state index contributed by atoms with van der Waals surface area (Å²) in [5.74, 6) is 0. The minimum absolute atomic E-state index is 0.519. The van der Waals surface area contributed by atoms with Crippen LogP contribution in [0.2, 0.25) is 0 Å². The van der Waals surface area contributed by atoms with Gasteiger partial charge in [0, 0.05) is 32.7 Å². The van der Waals surface area contributed by atoms with E-state index in [1.54, 1.807) is 13.0 Å². The van der Waals surface area contributed by atoms with Crippen LogP contribution < -0.4 is 0 Å². The molecule has 0 aliphatic heterocycles. The fourth-order valence-corrected chi connectivity index (χ4v) is 9.76. The summed E-state index contributed by atoms with van der Waals surface area (Å²) in [6.07, 6.45) is -4.46. The predicted octanol–water partition coefficient (Wildman–Crippen LogP) is 16.4. The first-order chi connectivity index (χ1) is 31.5. The third-order valence-corrected chi connectivity index (χ3v) is 12.8. The molecule has 312 valence electrons. The second-order valence-corrected chi connectivity index (χ2v) is 17.0. The standard InChI is InChI=1S/C59H40F3N3/c1-36-10-8-12-40(28-36)42-20-26-55-51(32-42)47-14-4-6-16-53(47)64(55)57-31-39(35-63)18-23-49(57)50-24-19-44(46-25-22-45(30-38(46)3)59(60,61)62)34-58(50)65-54-17-7-5-15-48(54)52-33-43(21-27-56(52)65)41-13-9-11-37(2)29-41/h4-34H,1-3H3. The molecule has 11 rings (SSSR count). The van der Waals surface area contributed by atoms with Crippen molar-refractivity contribution in [3.8, 4) is 62.0 Å². The topological polar surface area (TPSA) is 33.6 Å². The summed E-state index contributed by atoms with van der Waals surface area (Å²) in [6.45, 7) is 5.93. The first-order valence-electron chi connectivity index (χ1n) is 21.6. The van der Waals surface area contributed by atoms with Crippen molar-refractivity contribution in [1.82, 2.24) is 9.13 Å². The van der Waals surface area contributed by atoms with Crippen LogP contribution in [0, 0.1) is 32.1 Å². The Hall–Kier alpha value is -8.14. The molecule has 0 saturated carbocycles. The van der Waals surface area contributed by atoms with Crippen LogP contribution in [0.3, 0.4) is 0 Å². The van der Waals surface area contributed by atoms with Gasteiger partial charge in [0.2, 0.25) is 0 Å². The molecule has 0 atom stereocenters. The maximum atomic E-state index is 13.9. The fraction of sp³-hybridized carbons (Fsp3) is 0.0678. The van der Waals surface area contributed by atoms with E-state index in [0.29, 0.717) is 16.7 Å². The smallest absolute Gasteiger partial charge is 0.309 e. The van der Waals surface area contributed by atoms with Crippen LogP contribution in [0.25, 0.3) is 99.5 Å². The molecule has 3 nitrogen and oxygen atoms in total. The molecule has 0 N–H and O–H groups in total. The van der Waals surface area contributed by atoms with Gasteiger partial charge in [0.25, 0.3) is 0 Å². The summed E-state index contributed by atoms with van der Waals surface area (Å²) in [6, 6.07) is 65.4. The summed E-state index contributed by atoms with van der Waals surface area (Å²) in [4.78, 5) is 0. The number of halogens is 3. The Balaban J connectivity index is 1.20. The molecule has 0 fully saturated rings. The zero-order valence-corrected chi connectivity index (χ0v) is 35.9. The number of hydrogen-bond acceptors (Lipinski definition) is 1. The van der Waals surface area contributed by atoms with E-state index in [9.17, 15) is 18.4 Å². The lowest BCUT2D eigenvalue weighted by Crippen LogP contribution is -2.05. The summed E-state index contributed by atoms with van der Waals surface area (Å²) in [5, 5.41) is 14.7. The third kappa shape index (κ3) is 6.76. The first kappa shape index (κ1) is 39.7. The van der Waals surface area contributed by atoms with Gasteiger partial charge in [-0.1, -0.05) is 132 Å². The van der Waals surface area contributed by atoms with Gasteiger partial charge in [-0.25, -0.2) is 0 Å². The number of hydrogen-bond donors (Lipinski definition) is 0. The zero-order chi connectivity index (χ0) is 44.6. The molecule has 0 radical (unpaired) electrons. The van der Waals surface area contributed by atoms with Gasteiger partial charge in [0.15, 0.2) is 0 Å². The van der Waals surface area contributed by atoms with Crippen LogP contribution in [0.5, 0.6) is 0 Å². The third-order valence-electron chi connectivity index (χ3n) is 12.8. The van der Waals surface area contributed by atoms with Gasteiger partial charge in [-0.3, -0.25) is 0 Å². The second-order valence-electron chi connectivity index (χ2n) is 17.0. The Bertz CT molecular complexity index is 3760. The molecule has 9 aromatic carbocycles. The Morgan fingerprint density at radius 1 is 0.400 bits per heavy atom. The van der Waals surface area contributed by atoms with E-state index in [0.717, 1.165) is 100.0 Å². The number of alkyl halides is 3. The molecule has 65 heavy (non-hydrogen) atoms. The average Bonchev–Trinajstić information content (AvgIpc) is 3.83. The maximum Gasteiger partial charge on any atom is 0.416 e. The maximum absolute atomic E-state index is 13.9. The van der Waals surface area contributed by atoms with E-state index in [2.05, 4.69) is 163 Å². The van der Waals surface area contributed by atoms with Crippen LogP contribution in [0.1, 0.15) is 27.8 Å². The lowest BCUT2D eigenvalue weighted by atomic mass is 9.93. The van der Waals surface area contributed by atoms with Gasteiger partial charge in [0.05, 0.1) is 50.6 Å². The number of benzene rings is 9. The van der Waals surface area contributed by atoms with Crippen LogP contribution >= 0.6 is 0 Å². The fourth-order valence-electron chi connectivity index (χ4n) is 9.76. The van der Waals surface area contributed by atoms with Crippen LogP contribution in [0.4, 0.5) is 13.2 Å². The quantitative estimate of drug-likeness (QED) is 0.164. The first-order valence-corrected chi connectivity index (χ1v) is 21.6. The van der Waals surface area contributed by atoms with E-state index in [1.807, 2.05) is 36.4 Å². The SMILES string of the molecule is Cc1cccc(-c2ccc3c(c2)c2ccccc2n3-c2cc(C#N)ccc2-c2ccc(-c3ccc(C(F)(F)F)cc3C)cc2-n2c3ccccc3c3cc(-c4cccc(C)c4)ccc32)c1. The van der Waals surface area contributed by atoms with E-state index in [4.69, 9.17) is 0 Å². The van der Waals surface area contributed by atoms with Crippen molar-refractivity contribution in [3.63, 3.8) is 0 Å². The summed E-state index contributed by atoms with van der Waals surface area (Å²) in [7, 11) is 0. The van der Waals surface area contributed by atoms with Crippen molar-refractivity contribution in [2.75, 3.05) is 0 Å². The molecule has 0 aliphatic carbocycles. The highest BCUT2D eigenvalue weighted by Gasteiger charge is 2.31. The van der Waals surface area contributed by atoms with Gasteiger partial charge >= 0.3 is 6.18 Å². The Labute approximate surface area is 374 Å². The molecular weight excluding hydrogens is 808 g/mol. The lowest BCUT2D eigenvalue weighted by molar-refractivity contribution is -0.137. The number of nitriles is 1. The Morgan fingerprint density at radius 3 is 1.40 bits per heavy atom. The number of nitrogens with zero attached hydrogens (tertiary/aromatic N) is 3. The summed E-state index contributed by atoms with van der Waals surface area (Å²) in [5.41, 5.74) is 16.2. The molecule has 2 aromatic heterocycles. The molecule has 0 bridgehead atoms. The number of aromatic nitrogens is 2. The molecule has 0 aliphatic rings. The predicted molar refractivity (Wildman–Crippen MR) is 261 cm³/mol. The van der Waals surface area contributed by atoms with Crippen LogP contribution in [-0.4, -0.2) is 9.13 Å². The van der Waals surface area contributed by atoms with Crippen molar-refractivity contribution in [2.45, 2.75) is 26.9 Å². The number of aryl methyl sites for hydroxylation is 3. The molecule has 0 amide bonds. The van der Waals surface area contributed by atoms with Gasteiger partial charge in [-0.05, 0) is 126 Å². The van der Waals surface area contributed by atoms with E-state index in [1.165, 1.54) is 17.2 Å². The zero-order valence-electron chi connectivity index (χ0n) is 35.9. The minimum atomic E-state index is -4.46. The molecule has 0 unspecified atom stereocenters. The van der Waals surface area contributed by atoms with Gasteiger partial charge in [-0.2, -0.15) is 18.4 Å². The highest BCUT2D eigenvalue weighted by molar-refractivity contribution is 6.13. The second kappa shape index (κ2) is 15.3. The molecule has 6 heteroatoms. The van der Waals surface area contributed by atoms with Crippen LogP contribution in [-0.2, 0) is 6.18 Å². The van der Waals surface area contributed by atoms with Crippen molar-refractivity contribution in [2.24, 2.45) is 0 Å². The highest BCUT2D eigenvalue weighted by atomic mass is 19.4. The number of rotatable bonds is 6. The lowest BCUT2D eigenvalue weighted by Gasteiger charge is -2.20. The molecular formula is C59H40F3N3. The Kier molecular flexibility index (Phi) is 9.34. The largest absolute Gasteiger partial charge is 0.416 e. The minimum Gasteiger partial charge on any atom is -0.309 e. The monoisotopic (exact) mass is 847 g/mol. The summed E-state index contributed by atoms with van der Waals surface area (Å²) < 4.78 is 46.4. The van der Waals surface area contributed by atoms with Crippen molar-refractivity contribution in [1.29, 1.82) is 5.26 Å². The number of para-hydroxylation sites is 2. The van der Waals surface area contributed by atoms with E-state index in [-0.39, 0.29) is 0 Å². The Morgan fingerprint density at radius 2 is 0.877 bits per heavy atom. The molecule has 11 aromatic rings. The van der Waals surface area contributed by atoms with Crippen molar-refractivity contribution < 1.29 is 13.2 Å². The average molecular weight is 848 g/mol. The normalized spacial score (nSPS) is 11.8. The van der Waals surface area contributed by atoms with E-state index >= 15 is 0 Å². The van der Waals surface area contributed by atoms with Crippen molar-refractivity contribution >= 4 is 43.6 Å². The summed E-state index contributed by atoms with van der Waals surface area (Å²) >= 11 is 0. The van der Waals surface area contributed by atoms with Crippen LogP contribution in [0.15, 0.2) is 188 Å². The highest BCUT2D eigenvalue weighted by Crippen LogP contribution is 2.44.